The van der Waals surface area contributed by atoms with Crippen molar-refractivity contribution in [2.45, 2.75) is 44.5 Å². The van der Waals surface area contributed by atoms with E-state index in [1.54, 1.807) is 22.0 Å². The number of hydrogen-bond acceptors (Lipinski definition) is 9. The Bertz CT molecular complexity index is 1430. The molecule has 3 aliphatic rings. The van der Waals surface area contributed by atoms with Crippen LogP contribution in [0.15, 0.2) is 42.9 Å². The molecule has 4 aromatic rings. The number of nitrogens with one attached hydrogen (secondary N) is 3. The Morgan fingerprint density at radius 1 is 1.08 bits per heavy atom. The number of amides is 1. The van der Waals surface area contributed by atoms with Crippen molar-refractivity contribution in [2.75, 3.05) is 25.0 Å². The number of rotatable bonds is 7. The summed E-state index contributed by atoms with van der Waals surface area (Å²) in [6.07, 6.45) is 8.06. The van der Waals surface area contributed by atoms with E-state index in [0.29, 0.717) is 31.3 Å². The molecule has 5 heterocycles. The molecule has 3 N–H and O–H groups in total. The topological polar surface area (TPSA) is 139 Å². The molecule has 0 unspecified atom stereocenters. The molecule has 0 atom stereocenters. The summed E-state index contributed by atoms with van der Waals surface area (Å²) in [4.78, 5) is 24.0. The number of aromatic nitrogens is 7. The number of H-pyrrole nitrogens is 1. The van der Waals surface area contributed by atoms with Gasteiger partial charge in [-0.3, -0.25) is 9.48 Å². The quantitative estimate of drug-likeness (QED) is 0.331. The zero-order valence-electron chi connectivity index (χ0n) is 20.8. The molecule has 12 heteroatoms. The van der Waals surface area contributed by atoms with E-state index in [0.717, 1.165) is 48.4 Å². The standard InChI is InChI=1S/C26H28N10O2/c37-24(35-6-5-22-23(14-35)32-34-31-22)15-36-13-21(25(33-36)38-20-11-27-12-20)18-9-28-26(29-10-18)30-19-7-16-3-1-2-4-17(16)8-19/h1-4,9-10,13,19-20,27H,5-8,11-12,14-15H2,(H,28,29,30)(H,31,32,34). The van der Waals surface area contributed by atoms with Gasteiger partial charge in [0.1, 0.15) is 18.3 Å². The summed E-state index contributed by atoms with van der Waals surface area (Å²) < 4.78 is 7.78. The Morgan fingerprint density at radius 3 is 2.58 bits per heavy atom. The first-order valence-electron chi connectivity index (χ1n) is 12.9. The van der Waals surface area contributed by atoms with Gasteiger partial charge in [0.25, 0.3) is 0 Å². The van der Waals surface area contributed by atoms with Crippen LogP contribution in [0.1, 0.15) is 22.5 Å². The Labute approximate surface area is 218 Å². The molecule has 1 aromatic carbocycles. The number of ether oxygens (including phenoxy) is 1. The minimum atomic E-state index is -0.0297. The maximum absolute atomic E-state index is 13.1. The van der Waals surface area contributed by atoms with Crippen molar-refractivity contribution in [1.82, 2.24) is 45.4 Å². The first-order valence-corrected chi connectivity index (χ1v) is 12.9. The molecule has 12 nitrogen and oxygen atoms in total. The first kappa shape index (κ1) is 22.8. The maximum Gasteiger partial charge on any atom is 0.244 e. The minimum Gasteiger partial charge on any atom is -0.470 e. The van der Waals surface area contributed by atoms with Crippen LogP contribution in [0.4, 0.5) is 5.95 Å². The third-order valence-corrected chi connectivity index (χ3v) is 7.41. The third kappa shape index (κ3) is 4.47. The fourth-order valence-corrected chi connectivity index (χ4v) is 5.21. The number of benzene rings is 1. The lowest BCUT2D eigenvalue weighted by Gasteiger charge is -2.27. The molecule has 0 saturated carbocycles. The largest absolute Gasteiger partial charge is 0.470 e. The predicted molar refractivity (Wildman–Crippen MR) is 137 cm³/mol. The normalized spacial score (nSPS) is 17.1. The second kappa shape index (κ2) is 9.53. The van der Waals surface area contributed by atoms with E-state index in [-0.39, 0.29) is 24.6 Å². The van der Waals surface area contributed by atoms with E-state index in [4.69, 9.17) is 4.74 Å². The molecule has 0 spiro atoms. The molecule has 0 bridgehead atoms. The van der Waals surface area contributed by atoms with Crippen molar-refractivity contribution in [3.63, 3.8) is 0 Å². The number of carbonyl (C=O) groups excluding carboxylic acids is 1. The Hall–Kier alpha value is -4.32. The average Bonchev–Trinajstić information content (AvgIpc) is 3.64. The Balaban J connectivity index is 1.06. The Morgan fingerprint density at radius 2 is 1.84 bits per heavy atom. The number of carbonyl (C=O) groups is 1. The third-order valence-electron chi connectivity index (χ3n) is 7.41. The number of hydrogen-bond donors (Lipinski definition) is 3. The van der Waals surface area contributed by atoms with Gasteiger partial charge in [-0.15, -0.1) is 5.10 Å². The van der Waals surface area contributed by atoms with Crippen molar-refractivity contribution in [1.29, 1.82) is 0 Å². The highest BCUT2D eigenvalue weighted by atomic mass is 16.5. The van der Waals surface area contributed by atoms with Gasteiger partial charge in [-0.2, -0.15) is 15.4 Å². The summed E-state index contributed by atoms with van der Waals surface area (Å²) in [5, 5.41) is 22.2. The van der Waals surface area contributed by atoms with E-state index in [1.807, 2.05) is 6.20 Å². The van der Waals surface area contributed by atoms with Crippen LogP contribution in [0.2, 0.25) is 0 Å². The molecule has 2 aliphatic heterocycles. The second-order valence-electron chi connectivity index (χ2n) is 10.0. The van der Waals surface area contributed by atoms with Gasteiger partial charge in [0.15, 0.2) is 0 Å². The summed E-state index contributed by atoms with van der Waals surface area (Å²) >= 11 is 0. The van der Waals surface area contributed by atoms with Crippen LogP contribution in [-0.4, -0.2) is 77.7 Å². The van der Waals surface area contributed by atoms with Gasteiger partial charge in [-0.1, -0.05) is 24.3 Å². The van der Waals surface area contributed by atoms with E-state index < -0.39 is 0 Å². The molecule has 1 saturated heterocycles. The number of aromatic amines is 1. The number of nitrogens with zero attached hydrogens (tertiary/aromatic N) is 7. The average molecular weight is 513 g/mol. The molecule has 7 rings (SSSR count). The molecule has 3 aromatic heterocycles. The van der Waals surface area contributed by atoms with Gasteiger partial charge in [0, 0.05) is 56.3 Å². The smallest absolute Gasteiger partial charge is 0.244 e. The van der Waals surface area contributed by atoms with E-state index in [1.165, 1.54) is 11.1 Å². The van der Waals surface area contributed by atoms with Crippen molar-refractivity contribution < 1.29 is 9.53 Å². The fourth-order valence-electron chi connectivity index (χ4n) is 5.21. The van der Waals surface area contributed by atoms with Crippen LogP contribution in [0, 0.1) is 0 Å². The highest BCUT2D eigenvalue weighted by Crippen LogP contribution is 2.30. The van der Waals surface area contributed by atoms with Crippen LogP contribution in [0.3, 0.4) is 0 Å². The zero-order valence-corrected chi connectivity index (χ0v) is 20.8. The highest BCUT2D eigenvalue weighted by Gasteiger charge is 2.27. The number of anilines is 1. The molecular formula is C26H28N10O2. The predicted octanol–water partition coefficient (Wildman–Crippen LogP) is 0.973. The first-order chi connectivity index (χ1) is 18.7. The van der Waals surface area contributed by atoms with Crippen molar-refractivity contribution in [3.8, 4) is 17.0 Å². The lowest BCUT2D eigenvalue weighted by Crippen LogP contribution is -2.50. The van der Waals surface area contributed by atoms with E-state index in [2.05, 4.69) is 65.4 Å². The molecule has 1 amide bonds. The summed E-state index contributed by atoms with van der Waals surface area (Å²) in [6.45, 7) is 2.70. The SMILES string of the molecule is O=C(Cn1cc(-c2cnc(NC3Cc4ccccc4C3)nc2)c(OC2CNC2)n1)N1CCc2n[nH]nc2C1. The van der Waals surface area contributed by atoms with Crippen LogP contribution in [0.5, 0.6) is 5.88 Å². The van der Waals surface area contributed by atoms with Crippen LogP contribution in [-0.2, 0) is 37.1 Å². The van der Waals surface area contributed by atoms with Gasteiger partial charge in [0.05, 0.1) is 17.8 Å². The van der Waals surface area contributed by atoms with Crippen molar-refractivity contribution >= 4 is 11.9 Å². The van der Waals surface area contributed by atoms with Crippen molar-refractivity contribution in [3.05, 3.63) is 65.4 Å². The summed E-state index contributed by atoms with van der Waals surface area (Å²) in [5.41, 5.74) is 6.05. The van der Waals surface area contributed by atoms with Crippen LogP contribution < -0.4 is 15.4 Å². The minimum absolute atomic E-state index is 0.0297. The monoisotopic (exact) mass is 512 g/mol. The molecule has 1 fully saturated rings. The Kier molecular flexibility index (Phi) is 5.73. The second-order valence-corrected chi connectivity index (χ2v) is 10.0. The number of fused-ring (bicyclic) bond motifs is 2. The summed E-state index contributed by atoms with van der Waals surface area (Å²) in [6, 6.07) is 8.80. The molecule has 0 radical (unpaired) electrons. The summed E-state index contributed by atoms with van der Waals surface area (Å²) in [5.74, 6) is 1.05. The lowest BCUT2D eigenvalue weighted by molar-refractivity contribution is -0.133. The fraction of sp³-hybridized carbons (Fsp3) is 0.385. The van der Waals surface area contributed by atoms with Crippen molar-refractivity contribution in [2.24, 2.45) is 0 Å². The lowest BCUT2D eigenvalue weighted by atomic mass is 10.1. The van der Waals surface area contributed by atoms with E-state index >= 15 is 0 Å². The maximum atomic E-state index is 13.1. The van der Waals surface area contributed by atoms with Gasteiger partial charge < -0.3 is 20.3 Å². The van der Waals surface area contributed by atoms with Gasteiger partial charge in [-0.25, -0.2) is 9.97 Å². The molecule has 1 aliphatic carbocycles. The van der Waals surface area contributed by atoms with Gasteiger partial charge in [-0.05, 0) is 24.0 Å². The van der Waals surface area contributed by atoms with Gasteiger partial charge >= 0.3 is 0 Å². The summed E-state index contributed by atoms with van der Waals surface area (Å²) in [7, 11) is 0. The molecule has 194 valence electrons. The molecule has 38 heavy (non-hydrogen) atoms. The highest BCUT2D eigenvalue weighted by molar-refractivity contribution is 5.76. The van der Waals surface area contributed by atoms with Gasteiger partial charge in [0.2, 0.25) is 17.7 Å². The van der Waals surface area contributed by atoms with Crippen LogP contribution in [0.25, 0.3) is 11.1 Å². The molecular weight excluding hydrogens is 484 g/mol. The van der Waals surface area contributed by atoms with Crippen LogP contribution >= 0.6 is 0 Å². The van der Waals surface area contributed by atoms with E-state index in [9.17, 15) is 4.79 Å². The zero-order chi connectivity index (χ0) is 25.5.